The van der Waals surface area contributed by atoms with Gasteiger partial charge in [0.05, 0.1) is 9.85 Å². The first-order chi connectivity index (χ1) is 18.3. The molecule has 0 aliphatic carbocycles. The molecule has 11 heteroatoms. The summed E-state index contributed by atoms with van der Waals surface area (Å²) in [5.74, 6) is -0.715. The average Bonchev–Trinajstić information content (AvgIpc) is 2.91. The van der Waals surface area contributed by atoms with Gasteiger partial charge in [0.1, 0.15) is 0 Å². The maximum absolute atomic E-state index is 12.8. The van der Waals surface area contributed by atoms with Gasteiger partial charge in [-0.05, 0) is 71.8 Å². The Morgan fingerprint density at radius 2 is 1.03 bits per heavy atom. The van der Waals surface area contributed by atoms with Gasteiger partial charge in [-0.3, -0.25) is 29.8 Å². The van der Waals surface area contributed by atoms with E-state index in [1.165, 1.54) is 48.5 Å². The zero-order chi connectivity index (χ0) is 26.8. The molecular weight excluding hydrogens is 490 g/mol. The number of benzene rings is 4. The molecule has 4 aromatic carbocycles. The third-order valence-electron chi connectivity index (χ3n) is 6.06. The number of nitrogens with one attached hydrogen (secondary N) is 3. The van der Waals surface area contributed by atoms with Crippen LogP contribution < -0.4 is 16.0 Å². The van der Waals surface area contributed by atoms with E-state index in [9.17, 15) is 29.8 Å². The zero-order valence-corrected chi connectivity index (χ0v) is 19.6. The second-order valence-electron chi connectivity index (χ2n) is 8.56. The Labute approximate surface area is 215 Å². The molecule has 1 aliphatic heterocycles. The molecule has 0 aromatic heterocycles. The molecule has 3 N–H and O–H groups in total. The lowest BCUT2D eigenvalue weighted by Gasteiger charge is -2.22. The van der Waals surface area contributed by atoms with E-state index in [4.69, 9.17) is 0 Å². The summed E-state index contributed by atoms with van der Waals surface area (Å²) >= 11 is 0. The van der Waals surface area contributed by atoms with E-state index in [1.54, 1.807) is 36.4 Å². The first-order valence-electron chi connectivity index (χ1n) is 11.4. The number of rotatable bonds is 6. The molecular formula is C27H19N5O6. The van der Waals surface area contributed by atoms with Crippen molar-refractivity contribution >= 4 is 45.9 Å². The van der Waals surface area contributed by atoms with E-state index in [2.05, 4.69) is 16.0 Å². The van der Waals surface area contributed by atoms with E-state index in [0.29, 0.717) is 28.9 Å². The highest BCUT2D eigenvalue weighted by Crippen LogP contribution is 2.34. The molecule has 2 amide bonds. The number of carbonyl (C=O) groups excluding carboxylic acids is 2. The highest BCUT2D eigenvalue weighted by Gasteiger charge is 2.19. The first-order valence-corrected chi connectivity index (χ1v) is 11.4. The third kappa shape index (κ3) is 5.02. The molecule has 1 heterocycles. The second kappa shape index (κ2) is 9.82. The Kier molecular flexibility index (Phi) is 6.23. The van der Waals surface area contributed by atoms with Crippen LogP contribution in [0.4, 0.5) is 34.1 Å². The van der Waals surface area contributed by atoms with E-state index < -0.39 is 9.85 Å². The molecule has 0 fully saturated rings. The normalized spacial score (nSPS) is 11.4. The van der Waals surface area contributed by atoms with Crippen LogP contribution in [0.2, 0.25) is 0 Å². The summed E-state index contributed by atoms with van der Waals surface area (Å²) < 4.78 is 0. The predicted molar refractivity (Wildman–Crippen MR) is 141 cm³/mol. The number of hydrogen-bond donors (Lipinski definition) is 3. The fraction of sp³-hybridized carbons (Fsp3) is 0.0370. The molecule has 1 aliphatic rings. The average molecular weight is 509 g/mol. The first kappa shape index (κ1) is 24.1. The molecule has 0 spiro atoms. The van der Waals surface area contributed by atoms with Gasteiger partial charge in [-0.15, -0.1) is 0 Å². The maximum Gasteiger partial charge on any atom is 0.269 e. The number of hydrogen-bond acceptors (Lipinski definition) is 7. The minimum Gasteiger partial charge on any atom is -0.355 e. The summed E-state index contributed by atoms with van der Waals surface area (Å²) in [4.78, 5) is 46.2. The Balaban J connectivity index is 1.30. The largest absolute Gasteiger partial charge is 0.355 e. The fourth-order valence-corrected chi connectivity index (χ4v) is 4.10. The molecule has 0 atom stereocenters. The summed E-state index contributed by atoms with van der Waals surface area (Å²) in [6.45, 7) is 0. The number of anilines is 4. The Hall–Kier alpha value is -5.58. The van der Waals surface area contributed by atoms with Crippen molar-refractivity contribution < 1.29 is 19.4 Å². The number of non-ortho nitro benzene ring substituents is 2. The smallest absolute Gasteiger partial charge is 0.269 e. The molecule has 0 saturated carbocycles. The molecule has 11 nitrogen and oxygen atoms in total. The summed E-state index contributed by atoms with van der Waals surface area (Å²) in [7, 11) is 0. The zero-order valence-electron chi connectivity index (χ0n) is 19.6. The van der Waals surface area contributed by atoms with E-state index in [1.807, 2.05) is 0 Å². The number of fused-ring (bicyclic) bond motifs is 2. The van der Waals surface area contributed by atoms with Gasteiger partial charge in [0, 0.05) is 64.6 Å². The Bertz CT molecular complexity index is 1480. The second-order valence-corrected chi connectivity index (χ2v) is 8.56. The van der Waals surface area contributed by atoms with Crippen LogP contribution in [0.1, 0.15) is 31.8 Å². The fourth-order valence-electron chi connectivity index (χ4n) is 4.10. The van der Waals surface area contributed by atoms with Crippen molar-refractivity contribution in [2.45, 2.75) is 6.42 Å². The number of amides is 2. The van der Waals surface area contributed by atoms with Crippen LogP contribution in [-0.4, -0.2) is 21.7 Å². The van der Waals surface area contributed by atoms with Crippen LogP contribution in [0.15, 0.2) is 84.9 Å². The molecule has 0 radical (unpaired) electrons. The van der Waals surface area contributed by atoms with Crippen molar-refractivity contribution in [1.82, 2.24) is 0 Å². The lowest BCUT2D eigenvalue weighted by molar-refractivity contribution is -0.385. The topological polar surface area (TPSA) is 157 Å². The Morgan fingerprint density at radius 1 is 0.632 bits per heavy atom. The van der Waals surface area contributed by atoms with Crippen molar-refractivity contribution in [1.29, 1.82) is 0 Å². The predicted octanol–water partition coefficient (Wildman–Crippen LogP) is 5.66. The third-order valence-corrected chi connectivity index (χ3v) is 6.06. The van der Waals surface area contributed by atoms with Gasteiger partial charge in [0.2, 0.25) is 0 Å². The molecule has 0 bridgehead atoms. The van der Waals surface area contributed by atoms with Crippen LogP contribution in [0, 0.1) is 20.2 Å². The molecule has 4 aromatic rings. The number of nitrogens with zero attached hydrogens (tertiary/aromatic N) is 2. The highest BCUT2D eigenvalue weighted by atomic mass is 16.6. The van der Waals surface area contributed by atoms with Crippen LogP contribution in [0.5, 0.6) is 0 Å². The van der Waals surface area contributed by atoms with Crippen LogP contribution in [0.25, 0.3) is 0 Å². The van der Waals surface area contributed by atoms with Gasteiger partial charge in [-0.1, -0.05) is 0 Å². The minimum absolute atomic E-state index is 0.0673. The minimum atomic E-state index is -0.509. The van der Waals surface area contributed by atoms with Crippen molar-refractivity contribution in [2.24, 2.45) is 0 Å². The molecule has 188 valence electrons. The van der Waals surface area contributed by atoms with Gasteiger partial charge in [0.25, 0.3) is 23.2 Å². The van der Waals surface area contributed by atoms with E-state index in [-0.39, 0.29) is 23.2 Å². The number of nitro groups is 2. The van der Waals surface area contributed by atoms with Gasteiger partial charge in [0.15, 0.2) is 0 Å². The van der Waals surface area contributed by atoms with Crippen molar-refractivity contribution in [3.05, 3.63) is 127 Å². The van der Waals surface area contributed by atoms with Crippen LogP contribution >= 0.6 is 0 Å². The molecule has 0 unspecified atom stereocenters. The van der Waals surface area contributed by atoms with E-state index >= 15 is 0 Å². The van der Waals surface area contributed by atoms with Gasteiger partial charge < -0.3 is 16.0 Å². The summed E-state index contributed by atoms with van der Waals surface area (Å²) in [6.07, 6.45) is 0.481. The number of carbonyl (C=O) groups is 2. The molecule has 0 saturated heterocycles. The molecule has 5 rings (SSSR count). The number of nitro benzene ring substituents is 2. The maximum atomic E-state index is 12.8. The van der Waals surface area contributed by atoms with Crippen molar-refractivity contribution in [3.8, 4) is 0 Å². The summed E-state index contributed by atoms with van der Waals surface area (Å²) in [5.41, 5.74) is 4.97. The Morgan fingerprint density at radius 3 is 1.39 bits per heavy atom. The van der Waals surface area contributed by atoms with Crippen molar-refractivity contribution in [3.63, 3.8) is 0 Å². The lowest BCUT2D eigenvalue weighted by Crippen LogP contribution is -2.15. The van der Waals surface area contributed by atoms with Gasteiger partial charge >= 0.3 is 0 Å². The molecule has 38 heavy (non-hydrogen) atoms. The SMILES string of the molecule is O=C(Nc1ccc([N+](=O)[O-])cc1)c1ccc2c(c1)Cc1cc(C(=O)Nc3ccc([N+](=O)[O-])cc3)ccc1N2. The summed E-state index contributed by atoms with van der Waals surface area (Å²) in [6, 6.07) is 21.6. The monoisotopic (exact) mass is 509 g/mol. The van der Waals surface area contributed by atoms with Gasteiger partial charge in [-0.25, -0.2) is 0 Å². The van der Waals surface area contributed by atoms with Crippen LogP contribution in [0.3, 0.4) is 0 Å². The van der Waals surface area contributed by atoms with Crippen LogP contribution in [-0.2, 0) is 6.42 Å². The van der Waals surface area contributed by atoms with Crippen molar-refractivity contribution in [2.75, 3.05) is 16.0 Å². The van der Waals surface area contributed by atoms with E-state index in [0.717, 1.165) is 22.5 Å². The standard InChI is InChI=1S/C27H19N5O6/c33-26(28-20-3-7-22(8-4-20)31(35)36)16-1-11-24-18(13-16)15-19-14-17(2-12-25(19)30-24)27(34)29-21-5-9-23(10-6-21)32(37)38/h1-14,30H,15H2,(H,28,33)(H,29,34). The van der Waals surface area contributed by atoms with Gasteiger partial charge in [-0.2, -0.15) is 0 Å². The quantitative estimate of drug-likeness (QED) is 0.197. The summed E-state index contributed by atoms with van der Waals surface area (Å²) in [5, 5.41) is 30.4. The lowest BCUT2D eigenvalue weighted by atomic mass is 9.94. The highest BCUT2D eigenvalue weighted by molar-refractivity contribution is 6.06.